The van der Waals surface area contributed by atoms with E-state index >= 15 is 0 Å². The van der Waals surface area contributed by atoms with Crippen LogP contribution in [0.15, 0.2) is 18.2 Å². The Kier molecular flexibility index (Phi) is 6.89. The lowest BCUT2D eigenvalue weighted by Gasteiger charge is -2.31. The third kappa shape index (κ3) is 4.70. The molecule has 0 aromatic heterocycles. The molecule has 0 aliphatic carbocycles. The van der Waals surface area contributed by atoms with Gasteiger partial charge in [0.15, 0.2) is 6.61 Å². The van der Waals surface area contributed by atoms with E-state index < -0.39 is 0 Å². The Morgan fingerprint density at radius 1 is 1.45 bits per heavy atom. The third-order valence-electron chi connectivity index (χ3n) is 2.97. The molecule has 20 heavy (non-hydrogen) atoms. The molecule has 0 bridgehead atoms. The molecule has 1 aromatic rings. The van der Waals surface area contributed by atoms with E-state index in [4.69, 9.17) is 27.9 Å². The second kappa shape index (κ2) is 7.93. The molecule has 1 aliphatic heterocycles. The molecule has 1 fully saturated rings. The lowest BCUT2D eigenvalue weighted by molar-refractivity contribution is -0.134. The van der Waals surface area contributed by atoms with Crippen LogP contribution in [0.2, 0.25) is 10.0 Å². The smallest absolute Gasteiger partial charge is 0.260 e. The highest BCUT2D eigenvalue weighted by Gasteiger charge is 2.20. The molecule has 0 radical (unpaired) electrons. The highest BCUT2D eigenvalue weighted by Crippen LogP contribution is 2.26. The van der Waals surface area contributed by atoms with E-state index in [1.165, 1.54) is 0 Å². The number of nitrogens with one attached hydrogen (secondary N) is 1. The van der Waals surface area contributed by atoms with Crippen LogP contribution in [-0.2, 0) is 4.79 Å². The molecule has 1 saturated heterocycles. The Bertz CT molecular complexity index is 471. The summed E-state index contributed by atoms with van der Waals surface area (Å²) in [6.07, 6.45) is 0. The molecule has 7 heteroatoms. The Morgan fingerprint density at radius 3 is 2.85 bits per heavy atom. The molecule has 1 unspecified atom stereocenters. The van der Waals surface area contributed by atoms with Crippen LogP contribution in [0.3, 0.4) is 0 Å². The summed E-state index contributed by atoms with van der Waals surface area (Å²) in [5.74, 6) is 0.533. The molecule has 112 valence electrons. The molecule has 1 N–H and O–H groups in total. The van der Waals surface area contributed by atoms with Gasteiger partial charge in [0.05, 0.1) is 10.0 Å². The first-order valence-electron chi connectivity index (χ1n) is 6.15. The predicted octanol–water partition coefficient (Wildman–Crippen LogP) is 2.61. The number of rotatable bonds is 3. The van der Waals surface area contributed by atoms with E-state index in [0.717, 1.165) is 6.54 Å². The molecule has 1 aliphatic rings. The number of amides is 1. The van der Waals surface area contributed by atoms with Crippen molar-refractivity contribution in [2.24, 2.45) is 0 Å². The van der Waals surface area contributed by atoms with E-state index in [1.54, 1.807) is 23.1 Å². The number of ether oxygens (including phenoxy) is 1. The number of carbonyl (C=O) groups is 1. The highest BCUT2D eigenvalue weighted by molar-refractivity contribution is 6.42. The van der Waals surface area contributed by atoms with E-state index in [1.807, 2.05) is 0 Å². The lowest BCUT2D eigenvalue weighted by atomic mass is 10.2. The van der Waals surface area contributed by atoms with Crippen LogP contribution >= 0.6 is 35.6 Å². The minimum atomic E-state index is -0.0144. The zero-order valence-corrected chi connectivity index (χ0v) is 13.4. The molecule has 1 heterocycles. The lowest BCUT2D eigenvalue weighted by Crippen LogP contribution is -2.52. The Hall–Kier alpha value is -0.680. The van der Waals surface area contributed by atoms with Crippen molar-refractivity contribution in [1.29, 1.82) is 0 Å². The van der Waals surface area contributed by atoms with Gasteiger partial charge < -0.3 is 15.0 Å². The van der Waals surface area contributed by atoms with Gasteiger partial charge in [-0.15, -0.1) is 12.4 Å². The fraction of sp³-hybridized carbons (Fsp3) is 0.462. The monoisotopic (exact) mass is 338 g/mol. The molecule has 0 saturated carbocycles. The highest BCUT2D eigenvalue weighted by atomic mass is 35.5. The van der Waals surface area contributed by atoms with Crippen LogP contribution in [-0.4, -0.2) is 43.1 Å². The molecule has 1 atom stereocenters. The zero-order chi connectivity index (χ0) is 13.8. The zero-order valence-electron chi connectivity index (χ0n) is 11.1. The van der Waals surface area contributed by atoms with E-state index in [2.05, 4.69) is 12.2 Å². The standard InChI is InChI=1S/C13H16Cl2N2O2.ClH/c1-9-7-17(5-4-16-9)13(18)8-19-10-2-3-11(14)12(15)6-10;/h2-3,6,9,16H,4-5,7-8H2,1H3;1H. The summed E-state index contributed by atoms with van der Waals surface area (Å²) >= 11 is 11.7. The van der Waals surface area contributed by atoms with Crippen molar-refractivity contribution < 1.29 is 9.53 Å². The fourth-order valence-electron chi connectivity index (χ4n) is 1.96. The van der Waals surface area contributed by atoms with Crippen LogP contribution in [0.25, 0.3) is 0 Å². The predicted molar refractivity (Wildman–Crippen MR) is 83.2 cm³/mol. The first kappa shape index (κ1) is 17.4. The molecule has 2 rings (SSSR count). The topological polar surface area (TPSA) is 41.6 Å². The van der Waals surface area contributed by atoms with Crippen LogP contribution in [0.5, 0.6) is 5.75 Å². The summed E-state index contributed by atoms with van der Waals surface area (Å²) in [4.78, 5) is 13.8. The first-order valence-corrected chi connectivity index (χ1v) is 6.91. The van der Waals surface area contributed by atoms with Gasteiger partial charge in [0.2, 0.25) is 0 Å². The Morgan fingerprint density at radius 2 is 2.20 bits per heavy atom. The maximum atomic E-state index is 12.0. The fourth-order valence-corrected chi connectivity index (χ4v) is 2.25. The maximum Gasteiger partial charge on any atom is 0.260 e. The van der Waals surface area contributed by atoms with Gasteiger partial charge in [0, 0.05) is 31.7 Å². The van der Waals surface area contributed by atoms with Crippen LogP contribution in [0, 0.1) is 0 Å². The number of piperazine rings is 1. The van der Waals surface area contributed by atoms with Crippen LogP contribution in [0.4, 0.5) is 0 Å². The summed E-state index contributed by atoms with van der Waals surface area (Å²) in [5.41, 5.74) is 0. The summed E-state index contributed by atoms with van der Waals surface area (Å²) in [7, 11) is 0. The van der Waals surface area contributed by atoms with Crippen molar-refractivity contribution in [1.82, 2.24) is 10.2 Å². The minimum Gasteiger partial charge on any atom is -0.484 e. The number of nitrogens with zero attached hydrogens (tertiary/aromatic N) is 1. The number of halogens is 3. The molecule has 4 nitrogen and oxygen atoms in total. The Labute approximate surface area is 134 Å². The average Bonchev–Trinajstić information content (AvgIpc) is 2.40. The van der Waals surface area contributed by atoms with E-state index in [0.29, 0.717) is 34.9 Å². The summed E-state index contributed by atoms with van der Waals surface area (Å²) in [5, 5.41) is 4.18. The van der Waals surface area contributed by atoms with Gasteiger partial charge in [-0.2, -0.15) is 0 Å². The average molecular weight is 340 g/mol. The molecular weight excluding hydrogens is 323 g/mol. The summed E-state index contributed by atoms with van der Waals surface area (Å²) < 4.78 is 5.44. The van der Waals surface area contributed by atoms with Gasteiger partial charge in [-0.1, -0.05) is 23.2 Å². The summed E-state index contributed by atoms with van der Waals surface area (Å²) in [6, 6.07) is 5.28. The first-order chi connectivity index (χ1) is 9.06. The molecule has 1 amide bonds. The van der Waals surface area contributed by atoms with Gasteiger partial charge in [0.1, 0.15) is 5.75 Å². The Balaban J connectivity index is 0.00000200. The number of benzene rings is 1. The quantitative estimate of drug-likeness (QED) is 0.920. The van der Waals surface area contributed by atoms with Crippen molar-refractivity contribution in [2.45, 2.75) is 13.0 Å². The second-order valence-corrected chi connectivity index (χ2v) is 5.37. The molecule has 1 aromatic carbocycles. The van der Waals surface area contributed by atoms with E-state index in [9.17, 15) is 4.79 Å². The van der Waals surface area contributed by atoms with Crippen molar-refractivity contribution >= 4 is 41.5 Å². The molecule has 0 spiro atoms. The van der Waals surface area contributed by atoms with Gasteiger partial charge in [-0.25, -0.2) is 0 Å². The van der Waals surface area contributed by atoms with Gasteiger partial charge in [-0.05, 0) is 19.1 Å². The van der Waals surface area contributed by atoms with E-state index in [-0.39, 0.29) is 24.9 Å². The van der Waals surface area contributed by atoms with Gasteiger partial charge >= 0.3 is 0 Å². The van der Waals surface area contributed by atoms with Gasteiger partial charge in [0.25, 0.3) is 5.91 Å². The van der Waals surface area contributed by atoms with Gasteiger partial charge in [-0.3, -0.25) is 4.79 Å². The number of hydrogen-bond acceptors (Lipinski definition) is 3. The maximum absolute atomic E-state index is 12.0. The molecular formula is C13H17Cl3N2O2. The largest absolute Gasteiger partial charge is 0.484 e. The van der Waals surface area contributed by atoms with Crippen molar-refractivity contribution in [3.8, 4) is 5.75 Å². The van der Waals surface area contributed by atoms with Crippen LogP contribution in [0.1, 0.15) is 6.92 Å². The van der Waals surface area contributed by atoms with Crippen molar-refractivity contribution in [3.63, 3.8) is 0 Å². The van der Waals surface area contributed by atoms with Crippen molar-refractivity contribution in [3.05, 3.63) is 28.2 Å². The third-order valence-corrected chi connectivity index (χ3v) is 3.71. The normalized spacial score (nSPS) is 18.4. The SMILES string of the molecule is CC1CN(C(=O)COc2ccc(Cl)c(Cl)c2)CCN1.Cl. The number of hydrogen-bond donors (Lipinski definition) is 1. The van der Waals surface area contributed by atoms with Crippen molar-refractivity contribution in [2.75, 3.05) is 26.2 Å². The number of carbonyl (C=O) groups excluding carboxylic acids is 1. The second-order valence-electron chi connectivity index (χ2n) is 4.56. The minimum absolute atomic E-state index is 0. The summed E-state index contributed by atoms with van der Waals surface area (Å²) in [6.45, 7) is 4.32. The van der Waals surface area contributed by atoms with Crippen LogP contribution < -0.4 is 10.1 Å².